The van der Waals surface area contributed by atoms with E-state index in [-0.39, 0.29) is 0 Å². The maximum absolute atomic E-state index is 5.38. The zero-order valence-electron chi connectivity index (χ0n) is 11.0. The fourth-order valence-corrected chi connectivity index (χ4v) is 2.85. The minimum Gasteiger partial charge on any atom is -0.378 e. The summed E-state index contributed by atoms with van der Waals surface area (Å²) in [5.41, 5.74) is 2.53. The zero-order chi connectivity index (χ0) is 12.4. The summed E-state index contributed by atoms with van der Waals surface area (Å²) in [4.78, 5) is 7.08. The van der Waals surface area contributed by atoms with E-state index in [1.165, 1.54) is 24.1 Å². The summed E-state index contributed by atoms with van der Waals surface area (Å²) in [7, 11) is 0. The molecule has 0 aliphatic carbocycles. The summed E-state index contributed by atoms with van der Waals surface area (Å²) in [5, 5.41) is 3.54. The van der Waals surface area contributed by atoms with Gasteiger partial charge < -0.3 is 15.0 Å². The van der Waals surface area contributed by atoms with Gasteiger partial charge in [-0.05, 0) is 37.9 Å². The van der Waals surface area contributed by atoms with Crippen LogP contribution in [-0.2, 0) is 4.74 Å². The molecular weight excluding hydrogens is 226 g/mol. The largest absolute Gasteiger partial charge is 0.378 e. The van der Waals surface area contributed by atoms with Crippen molar-refractivity contribution in [3.05, 3.63) is 23.4 Å². The second-order valence-corrected chi connectivity index (χ2v) is 5.09. The number of anilines is 1. The van der Waals surface area contributed by atoms with Crippen LogP contribution >= 0.6 is 0 Å². The first-order chi connectivity index (χ1) is 8.84. The summed E-state index contributed by atoms with van der Waals surface area (Å²) in [6.07, 6.45) is 2.51. The molecule has 0 aromatic carbocycles. The third-order valence-electron chi connectivity index (χ3n) is 3.88. The number of nitrogens with one attached hydrogen (secondary N) is 1. The molecule has 2 saturated heterocycles. The number of pyridine rings is 1. The molecule has 3 heterocycles. The van der Waals surface area contributed by atoms with Crippen molar-refractivity contribution in [2.45, 2.75) is 25.8 Å². The number of ether oxygens (including phenoxy) is 1. The number of hydrogen-bond acceptors (Lipinski definition) is 4. The fourth-order valence-electron chi connectivity index (χ4n) is 2.85. The van der Waals surface area contributed by atoms with E-state index in [1.54, 1.807) is 0 Å². The monoisotopic (exact) mass is 247 g/mol. The van der Waals surface area contributed by atoms with Gasteiger partial charge in [-0.2, -0.15) is 0 Å². The van der Waals surface area contributed by atoms with Crippen LogP contribution in [0.3, 0.4) is 0 Å². The van der Waals surface area contributed by atoms with Gasteiger partial charge in [0.05, 0.1) is 13.2 Å². The SMILES string of the molecule is Cc1nc(N2CCOCC2)ccc1[C@@H]1CCCN1. The molecule has 0 spiro atoms. The molecule has 1 aromatic heterocycles. The molecule has 0 unspecified atom stereocenters. The first-order valence-electron chi connectivity index (χ1n) is 6.88. The molecule has 98 valence electrons. The summed E-state index contributed by atoms with van der Waals surface area (Å²) in [5.74, 6) is 1.09. The molecule has 0 radical (unpaired) electrons. The van der Waals surface area contributed by atoms with Crippen molar-refractivity contribution in [1.82, 2.24) is 10.3 Å². The number of nitrogens with zero attached hydrogens (tertiary/aromatic N) is 2. The van der Waals surface area contributed by atoms with Gasteiger partial charge in [-0.3, -0.25) is 0 Å². The Morgan fingerprint density at radius 2 is 2.17 bits per heavy atom. The van der Waals surface area contributed by atoms with Gasteiger partial charge in [0.2, 0.25) is 0 Å². The summed E-state index contributed by atoms with van der Waals surface area (Å²) >= 11 is 0. The van der Waals surface area contributed by atoms with E-state index in [9.17, 15) is 0 Å². The van der Waals surface area contributed by atoms with Gasteiger partial charge in [0.15, 0.2) is 0 Å². The van der Waals surface area contributed by atoms with Crippen LogP contribution in [0.25, 0.3) is 0 Å². The smallest absolute Gasteiger partial charge is 0.128 e. The highest BCUT2D eigenvalue weighted by Gasteiger charge is 2.20. The summed E-state index contributed by atoms with van der Waals surface area (Å²) < 4.78 is 5.38. The topological polar surface area (TPSA) is 37.4 Å². The fraction of sp³-hybridized carbons (Fsp3) is 0.643. The van der Waals surface area contributed by atoms with Crippen molar-refractivity contribution in [2.24, 2.45) is 0 Å². The number of aromatic nitrogens is 1. The van der Waals surface area contributed by atoms with Crippen molar-refractivity contribution in [1.29, 1.82) is 0 Å². The molecule has 1 atom stereocenters. The Hall–Kier alpha value is -1.13. The maximum atomic E-state index is 5.38. The summed E-state index contributed by atoms with van der Waals surface area (Å²) in [6.45, 7) is 6.79. The minimum atomic E-state index is 0.510. The van der Waals surface area contributed by atoms with Crippen LogP contribution in [0.4, 0.5) is 5.82 Å². The van der Waals surface area contributed by atoms with E-state index in [0.29, 0.717) is 6.04 Å². The number of hydrogen-bond donors (Lipinski definition) is 1. The van der Waals surface area contributed by atoms with Crippen molar-refractivity contribution in [2.75, 3.05) is 37.7 Å². The first-order valence-corrected chi connectivity index (χ1v) is 6.88. The molecule has 4 heteroatoms. The Kier molecular flexibility index (Phi) is 3.48. The second-order valence-electron chi connectivity index (χ2n) is 5.09. The first kappa shape index (κ1) is 11.9. The lowest BCUT2D eigenvalue weighted by Gasteiger charge is -2.28. The molecule has 2 fully saturated rings. The van der Waals surface area contributed by atoms with Gasteiger partial charge in [0.25, 0.3) is 0 Å². The van der Waals surface area contributed by atoms with E-state index < -0.39 is 0 Å². The Morgan fingerprint density at radius 3 is 2.83 bits per heavy atom. The van der Waals surface area contributed by atoms with Crippen molar-refractivity contribution < 1.29 is 4.74 Å². The number of rotatable bonds is 2. The lowest BCUT2D eigenvalue weighted by molar-refractivity contribution is 0.122. The molecule has 1 N–H and O–H groups in total. The van der Waals surface area contributed by atoms with Gasteiger partial charge in [-0.15, -0.1) is 0 Å². The van der Waals surface area contributed by atoms with E-state index >= 15 is 0 Å². The van der Waals surface area contributed by atoms with Crippen LogP contribution in [-0.4, -0.2) is 37.8 Å². The highest BCUT2D eigenvalue weighted by atomic mass is 16.5. The molecule has 3 rings (SSSR count). The molecule has 0 saturated carbocycles. The van der Waals surface area contributed by atoms with Gasteiger partial charge >= 0.3 is 0 Å². The molecule has 4 nitrogen and oxygen atoms in total. The molecule has 0 amide bonds. The molecule has 1 aromatic rings. The Morgan fingerprint density at radius 1 is 1.33 bits per heavy atom. The van der Waals surface area contributed by atoms with E-state index in [1.807, 2.05) is 0 Å². The van der Waals surface area contributed by atoms with Crippen LogP contribution in [0.1, 0.15) is 30.1 Å². The van der Waals surface area contributed by atoms with E-state index in [0.717, 1.165) is 38.7 Å². The molecule has 18 heavy (non-hydrogen) atoms. The van der Waals surface area contributed by atoms with Gasteiger partial charge in [0.1, 0.15) is 5.82 Å². The van der Waals surface area contributed by atoms with Crippen LogP contribution in [0.2, 0.25) is 0 Å². The number of aryl methyl sites for hydroxylation is 1. The highest BCUT2D eigenvalue weighted by Crippen LogP contribution is 2.26. The zero-order valence-corrected chi connectivity index (χ0v) is 11.0. The molecular formula is C14H21N3O. The van der Waals surface area contributed by atoms with E-state index in [4.69, 9.17) is 9.72 Å². The van der Waals surface area contributed by atoms with Crippen LogP contribution < -0.4 is 10.2 Å². The second kappa shape index (κ2) is 5.24. The quantitative estimate of drug-likeness (QED) is 0.862. The molecule has 2 aliphatic rings. The lowest BCUT2D eigenvalue weighted by atomic mass is 10.0. The van der Waals surface area contributed by atoms with Crippen molar-refractivity contribution in [3.8, 4) is 0 Å². The normalized spacial score (nSPS) is 24.5. The maximum Gasteiger partial charge on any atom is 0.128 e. The van der Waals surface area contributed by atoms with Crippen LogP contribution in [0.15, 0.2) is 12.1 Å². The van der Waals surface area contributed by atoms with Gasteiger partial charge in [-0.1, -0.05) is 6.07 Å². The highest BCUT2D eigenvalue weighted by molar-refractivity contribution is 5.42. The third-order valence-corrected chi connectivity index (χ3v) is 3.88. The van der Waals surface area contributed by atoms with Crippen LogP contribution in [0, 0.1) is 6.92 Å². The lowest BCUT2D eigenvalue weighted by Crippen LogP contribution is -2.36. The predicted molar refractivity (Wildman–Crippen MR) is 72.0 cm³/mol. The van der Waals surface area contributed by atoms with Crippen LogP contribution in [0.5, 0.6) is 0 Å². The molecule has 0 bridgehead atoms. The average Bonchev–Trinajstić information content (AvgIpc) is 2.93. The Balaban J connectivity index is 1.79. The molecule has 2 aliphatic heterocycles. The Bertz CT molecular complexity index is 410. The summed E-state index contributed by atoms with van der Waals surface area (Å²) in [6, 6.07) is 4.92. The standard InChI is InChI=1S/C14H21N3O/c1-11-12(13-3-2-6-15-13)4-5-14(16-11)17-7-9-18-10-8-17/h4-5,13,15H,2-3,6-10H2,1H3/t13-/m0/s1. The minimum absolute atomic E-state index is 0.510. The van der Waals surface area contributed by atoms with E-state index in [2.05, 4.69) is 29.3 Å². The Labute approximate surface area is 108 Å². The third kappa shape index (κ3) is 2.35. The van der Waals surface area contributed by atoms with Gasteiger partial charge in [-0.25, -0.2) is 4.98 Å². The predicted octanol–water partition coefficient (Wildman–Crippen LogP) is 1.65. The van der Waals surface area contributed by atoms with Gasteiger partial charge in [0, 0.05) is 24.8 Å². The number of morpholine rings is 1. The average molecular weight is 247 g/mol. The van der Waals surface area contributed by atoms with Crippen molar-refractivity contribution >= 4 is 5.82 Å². The van der Waals surface area contributed by atoms with Crippen molar-refractivity contribution in [3.63, 3.8) is 0 Å².